The molecule has 0 aliphatic carbocycles. The van der Waals surface area contributed by atoms with E-state index in [2.05, 4.69) is 26.7 Å². The molecule has 0 radical (unpaired) electrons. The normalized spacial score (nSPS) is 9.75. The van der Waals surface area contributed by atoms with Crippen molar-refractivity contribution in [1.82, 2.24) is 9.59 Å². The standard InChI is InChI=1S/C14H13N3O2S/c1-9-8-11(4-3-7-18)5-6-12(9)15-14(19)13-10(2)16-17-20-13/h5-6,8,18H,7H2,1-2H3,(H,15,19). The van der Waals surface area contributed by atoms with E-state index in [1.807, 2.05) is 13.0 Å². The minimum Gasteiger partial charge on any atom is -0.384 e. The Hall–Kier alpha value is -2.23. The van der Waals surface area contributed by atoms with E-state index in [1.165, 1.54) is 0 Å². The van der Waals surface area contributed by atoms with Crippen LogP contribution in [0.2, 0.25) is 0 Å². The van der Waals surface area contributed by atoms with Gasteiger partial charge in [-0.1, -0.05) is 16.3 Å². The highest BCUT2D eigenvalue weighted by Crippen LogP contribution is 2.18. The number of nitrogens with zero attached hydrogens (tertiary/aromatic N) is 2. The number of aromatic nitrogens is 2. The predicted molar refractivity (Wildman–Crippen MR) is 77.7 cm³/mol. The van der Waals surface area contributed by atoms with Gasteiger partial charge in [-0.3, -0.25) is 4.79 Å². The first-order valence-electron chi connectivity index (χ1n) is 5.92. The molecule has 0 aliphatic heterocycles. The molecule has 0 fully saturated rings. The Bertz CT molecular complexity index is 698. The van der Waals surface area contributed by atoms with E-state index in [-0.39, 0.29) is 12.5 Å². The van der Waals surface area contributed by atoms with E-state index in [0.717, 1.165) is 28.3 Å². The van der Waals surface area contributed by atoms with Crippen LogP contribution < -0.4 is 5.32 Å². The molecule has 1 heterocycles. The largest absolute Gasteiger partial charge is 0.384 e. The first-order chi connectivity index (χ1) is 9.61. The molecule has 0 unspecified atom stereocenters. The van der Waals surface area contributed by atoms with Crippen molar-refractivity contribution < 1.29 is 9.90 Å². The molecule has 2 aromatic rings. The Morgan fingerprint density at radius 2 is 2.25 bits per heavy atom. The zero-order valence-corrected chi connectivity index (χ0v) is 11.9. The molecule has 5 nitrogen and oxygen atoms in total. The van der Waals surface area contributed by atoms with Gasteiger partial charge in [0.25, 0.3) is 5.91 Å². The topological polar surface area (TPSA) is 75.1 Å². The second kappa shape index (κ2) is 6.28. The van der Waals surface area contributed by atoms with Crippen LogP contribution in [0.1, 0.15) is 26.5 Å². The lowest BCUT2D eigenvalue weighted by atomic mass is 10.1. The van der Waals surface area contributed by atoms with Gasteiger partial charge in [-0.15, -0.1) is 5.10 Å². The molecule has 1 aromatic carbocycles. The Morgan fingerprint density at radius 3 is 2.85 bits per heavy atom. The van der Waals surface area contributed by atoms with Crippen LogP contribution in [0.25, 0.3) is 0 Å². The fraction of sp³-hybridized carbons (Fsp3) is 0.214. The maximum atomic E-state index is 12.1. The molecule has 0 atom stereocenters. The highest BCUT2D eigenvalue weighted by Gasteiger charge is 2.14. The number of nitrogens with one attached hydrogen (secondary N) is 1. The zero-order chi connectivity index (χ0) is 14.5. The van der Waals surface area contributed by atoms with Gasteiger partial charge in [-0.2, -0.15) is 0 Å². The van der Waals surface area contributed by atoms with Crippen LogP contribution >= 0.6 is 11.5 Å². The number of amides is 1. The van der Waals surface area contributed by atoms with Crippen molar-refractivity contribution in [2.75, 3.05) is 11.9 Å². The predicted octanol–water partition coefficient (Wildman–Crippen LogP) is 1.75. The Balaban J connectivity index is 2.18. The van der Waals surface area contributed by atoms with Crippen LogP contribution in [0, 0.1) is 25.7 Å². The van der Waals surface area contributed by atoms with Gasteiger partial charge in [0.15, 0.2) is 0 Å². The fourth-order valence-electron chi connectivity index (χ4n) is 1.64. The van der Waals surface area contributed by atoms with E-state index >= 15 is 0 Å². The molecule has 102 valence electrons. The van der Waals surface area contributed by atoms with Crippen molar-refractivity contribution in [3.63, 3.8) is 0 Å². The molecule has 20 heavy (non-hydrogen) atoms. The first kappa shape index (κ1) is 14.2. The van der Waals surface area contributed by atoms with Gasteiger partial charge in [-0.05, 0) is 49.1 Å². The van der Waals surface area contributed by atoms with Crippen LogP contribution in [0.4, 0.5) is 5.69 Å². The molecule has 2 N–H and O–H groups in total. The number of anilines is 1. The van der Waals surface area contributed by atoms with Crippen molar-refractivity contribution in [3.8, 4) is 11.8 Å². The summed E-state index contributed by atoms with van der Waals surface area (Å²) in [6.45, 7) is 3.46. The number of aliphatic hydroxyl groups excluding tert-OH is 1. The molecule has 0 aliphatic rings. The van der Waals surface area contributed by atoms with Gasteiger partial charge in [0.05, 0.1) is 5.69 Å². The molecule has 0 saturated heterocycles. The summed E-state index contributed by atoms with van der Waals surface area (Å²) in [6, 6.07) is 5.44. The molecular formula is C14H13N3O2S. The van der Waals surface area contributed by atoms with E-state index in [9.17, 15) is 4.79 Å². The lowest BCUT2D eigenvalue weighted by molar-refractivity contribution is 0.102. The molecule has 6 heteroatoms. The average Bonchev–Trinajstić information content (AvgIpc) is 2.85. The van der Waals surface area contributed by atoms with Crippen LogP contribution in [0.15, 0.2) is 18.2 Å². The van der Waals surface area contributed by atoms with Crippen LogP contribution in [-0.2, 0) is 0 Å². The monoisotopic (exact) mass is 287 g/mol. The Morgan fingerprint density at radius 1 is 1.45 bits per heavy atom. The van der Waals surface area contributed by atoms with Crippen molar-refractivity contribution in [2.45, 2.75) is 13.8 Å². The maximum absolute atomic E-state index is 12.1. The summed E-state index contributed by atoms with van der Waals surface area (Å²) >= 11 is 1.07. The van der Waals surface area contributed by atoms with Crippen LogP contribution in [-0.4, -0.2) is 27.2 Å². The molecular weight excluding hydrogens is 274 g/mol. The summed E-state index contributed by atoms with van der Waals surface area (Å²) < 4.78 is 3.74. The highest BCUT2D eigenvalue weighted by molar-refractivity contribution is 7.08. The third-order valence-corrected chi connectivity index (χ3v) is 3.47. The van der Waals surface area contributed by atoms with Crippen LogP contribution in [0.5, 0.6) is 0 Å². The Labute approximate surface area is 120 Å². The van der Waals surface area contributed by atoms with Crippen molar-refractivity contribution in [3.05, 3.63) is 39.9 Å². The van der Waals surface area contributed by atoms with Gasteiger partial charge in [0.2, 0.25) is 0 Å². The van der Waals surface area contributed by atoms with Crippen molar-refractivity contribution >= 4 is 23.1 Å². The van der Waals surface area contributed by atoms with E-state index in [1.54, 1.807) is 19.1 Å². The Kier molecular flexibility index (Phi) is 4.45. The highest BCUT2D eigenvalue weighted by atomic mass is 32.1. The minimum atomic E-state index is -0.213. The van der Waals surface area contributed by atoms with E-state index < -0.39 is 0 Å². The number of aliphatic hydroxyl groups is 1. The van der Waals surface area contributed by atoms with Gasteiger partial charge < -0.3 is 10.4 Å². The second-order valence-electron chi connectivity index (χ2n) is 4.13. The fourth-order valence-corrected chi connectivity index (χ4v) is 2.19. The number of hydrogen-bond acceptors (Lipinski definition) is 5. The number of carbonyl (C=O) groups excluding carboxylic acids is 1. The maximum Gasteiger partial charge on any atom is 0.269 e. The number of carbonyl (C=O) groups is 1. The SMILES string of the molecule is Cc1cc(C#CCO)ccc1NC(=O)c1snnc1C. The summed E-state index contributed by atoms with van der Waals surface area (Å²) in [6.07, 6.45) is 0. The third-order valence-electron chi connectivity index (χ3n) is 2.64. The first-order valence-corrected chi connectivity index (χ1v) is 6.70. The molecule has 1 aromatic heterocycles. The minimum absolute atomic E-state index is 0.171. The third kappa shape index (κ3) is 3.20. The van der Waals surface area contributed by atoms with E-state index in [0.29, 0.717) is 10.6 Å². The van der Waals surface area contributed by atoms with Gasteiger partial charge in [-0.25, -0.2) is 0 Å². The average molecular weight is 287 g/mol. The number of benzene rings is 1. The summed E-state index contributed by atoms with van der Waals surface area (Å²) in [5.41, 5.74) is 3.04. The summed E-state index contributed by atoms with van der Waals surface area (Å²) in [4.78, 5) is 12.6. The smallest absolute Gasteiger partial charge is 0.269 e. The van der Waals surface area contributed by atoms with Crippen molar-refractivity contribution in [1.29, 1.82) is 0 Å². The van der Waals surface area contributed by atoms with Gasteiger partial charge in [0, 0.05) is 11.3 Å². The molecule has 1 amide bonds. The summed E-state index contributed by atoms with van der Waals surface area (Å²) in [5, 5.41) is 15.3. The van der Waals surface area contributed by atoms with Gasteiger partial charge >= 0.3 is 0 Å². The van der Waals surface area contributed by atoms with Crippen LogP contribution in [0.3, 0.4) is 0 Å². The second-order valence-corrected chi connectivity index (χ2v) is 4.89. The molecule has 2 rings (SSSR count). The lowest BCUT2D eigenvalue weighted by Gasteiger charge is -2.07. The zero-order valence-electron chi connectivity index (χ0n) is 11.1. The lowest BCUT2D eigenvalue weighted by Crippen LogP contribution is -2.12. The van der Waals surface area contributed by atoms with E-state index in [4.69, 9.17) is 5.11 Å². The molecule has 0 spiro atoms. The number of hydrogen-bond donors (Lipinski definition) is 2. The van der Waals surface area contributed by atoms with Gasteiger partial charge in [0.1, 0.15) is 11.5 Å². The molecule has 0 bridgehead atoms. The number of aryl methyl sites for hydroxylation is 2. The van der Waals surface area contributed by atoms with Crippen molar-refractivity contribution in [2.24, 2.45) is 0 Å². The summed E-state index contributed by atoms with van der Waals surface area (Å²) in [5.74, 6) is 5.19. The molecule has 0 saturated carbocycles. The quantitative estimate of drug-likeness (QED) is 0.825. The number of rotatable bonds is 2. The summed E-state index contributed by atoms with van der Waals surface area (Å²) in [7, 11) is 0.